The van der Waals surface area contributed by atoms with Crippen molar-refractivity contribution in [3.05, 3.63) is 56.8 Å². The summed E-state index contributed by atoms with van der Waals surface area (Å²) in [6.07, 6.45) is -0.266. The molecule has 0 saturated carbocycles. The van der Waals surface area contributed by atoms with E-state index in [0.717, 1.165) is 5.56 Å². The first kappa shape index (κ1) is 13.8. The average Bonchev–Trinajstić information content (AvgIpc) is 2.43. The van der Waals surface area contributed by atoms with Crippen molar-refractivity contribution in [1.82, 2.24) is 0 Å². The number of nitrogens with one attached hydrogen (secondary N) is 1. The Morgan fingerprint density at radius 1 is 1.05 bits per heavy atom. The Morgan fingerprint density at radius 3 is 2.60 bits per heavy atom. The number of anilines is 1. The molecule has 104 valence electrons. The Hall–Kier alpha value is -1.16. The van der Waals surface area contributed by atoms with Gasteiger partial charge in [-0.05, 0) is 23.8 Å². The molecule has 1 heterocycles. The molecule has 1 N–H and O–H groups in total. The molecule has 0 radical (unpaired) electrons. The standard InChI is InChI=1S/C14H9Cl3FNO/c15-8-2-1-7(3-9(8)16)14-6-19-12-4-10(17)11(18)5-13(12)20-14/h1-5,14,19H,6H2. The van der Waals surface area contributed by atoms with Crippen LogP contribution < -0.4 is 10.1 Å². The van der Waals surface area contributed by atoms with Crippen LogP contribution in [0.1, 0.15) is 11.7 Å². The maximum atomic E-state index is 13.5. The molecule has 0 saturated heterocycles. The largest absolute Gasteiger partial charge is 0.482 e. The van der Waals surface area contributed by atoms with Crippen molar-refractivity contribution < 1.29 is 9.13 Å². The molecule has 0 fully saturated rings. The van der Waals surface area contributed by atoms with Gasteiger partial charge < -0.3 is 10.1 Å². The summed E-state index contributed by atoms with van der Waals surface area (Å²) in [6.45, 7) is 0.535. The van der Waals surface area contributed by atoms with E-state index in [2.05, 4.69) is 5.32 Å². The SMILES string of the molecule is Fc1cc2c(cc1Cl)NCC(c1ccc(Cl)c(Cl)c1)O2. The number of hydrogen-bond acceptors (Lipinski definition) is 2. The molecule has 0 aliphatic carbocycles. The van der Waals surface area contributed by atoms with Gasteiger partial charge in [0.15, 0.2) is 0 Å². The van der Waals surface area contributed by atoms with Gasteiger partial charge in [0.2, 0.25) is 0 Å². The molecule has 2 aromatic carbocycles. The third-order valence-corrected chi connectivity index (χ3v) is 4.11. The minimum atomic E-state index is -0.512. The highest BCUT2D eigenvalue weighted by Gasteiger charge is 2.23. The van der Waals surface area contributed by atoms with Gasteiger partial charge in [0.05, 0.1) is 27.3 Å². The minimum absolute atomic E-state index is 0.0628. The second-order valence-corrected chi connectivity index (χ2v) is 5.65. The zero-order chi connectivity index (χ0) is 14.3. The summed E-state index contributed by atoms with van der Waals surface area (Å²) in [7, 11) is 0. The van der Waals surface area contributed by atoms with E-state index in [9.17, 15) is 4.39 Å². The van der Waals surface area contributed by atoms with Crippen LogP contribution in [0.2, 0.25) is 15.1 Å². The van der Waals surface area contributed by atoms with E-state index in [1.807, 2.05) is 6.07 Å². The zero-order valence-corrected chi connectivity index (χ0v) is 12.4. The Balaban J connectivity index is 1.91. The maximum absolute atomic E-state index is 13.5. The zero-order valence-electron chi connectivity index (χ0n) is 10.1. The van der Waals surface area contributed by atoms with Crippen LogP contribution in [-0.4, -0.2) is 6.54 Å². The molecule has 0 spiro atoms. The number of rotatable bonds is 1. The van der Waals surface area contributed by atoms with Crippen molar-refractivity contribution in [2.75, 3.05) is 11.9 Å². The summed E-state index contributed by atoms with van der Waals surface area (Å²) in [6, 6.07) is 8.07. The second kappa shape index (κ2) is 5.32. The van der Waals surface area contributed by atoms with E-state index >= 15 is 0 Å². The molecule has 0 aromatic heterocycles. The predicted molar refractivity (Wildman–Crippen MR) is 79.7 cm³/mol. The van der Waals surface area contributed by atoms with Crippen molar-refractivity contribution in [2.45, 2.75) is 6.10 Å². The summed E-state index contributed by atoms with van der Waals surface area (Å²) >= 11 is 17.6. The van der Waals surface area contributed by atoms with Crippen LogP contribution in [0.4, 0.5) is 10.1 Å². The number of ether oxygens (including phenoxy) is 1. The maximum Gasteiger partial charge on any atom is 0.146 e. The molecule has 6 heteroatoms. The summed E-state index contributed by atoms with van der Waals surface area (Å²) in [5.41, 5.74) is 1.54. The molecule has 2 nitrogen and oxygen atoms in total. The second-order valence-electron chi connectivity index (χ2n) is 4.42. The lowest BCUT2D eigenvalue weighted by Gasteiger charge is -2.28. The fraction of sp³-hybridized carbons (Fsp3) is 0.143. The Morgan fingerprint density at radius 2 is 1.85 bits per heavy atom. The molecular formula is C14H9Cl3FNO. The van der Waals surface area contributed by atoms with Crippen molar-refractivity contribution >= 4 is 40.5 Å². The van der Waals surface area contributed by atoms with Gasteiger partial charge in [0.1, 0.15) is 17.7 Å². The summed E-state index contributed by atoms with van der Waals surface area (Å²) in [4.78, 5) is 0. The van der Waals surface area contributed by atoms with Crippen molar-refractivity contribution in [1.29, 1.82) is 0 Å². The Labute approximate surface area is 130 Å². The van der Waals surface area contributed by atoms with Crippen molar-refractivity contribution in [2.24, 2.45) is 0 Å². The molecule has 1 atom stereocenters. The normalized spacial score (nSPS) is 17.1. The number of fused-ring (bicyclic) bond motifs is 1. The minimum Gasteiger partial charge on any atom is -0.482 e. The van der Waals surface area contributed by atoms with E-state index in [-0.39, 0.29) is 11.1 Å². The van der Waals surface area contributed by atoms with E-state index in [1.165, 1.54) is 12.1 Å². The van der Waals surface area contributed by atoms with Gasteiger partial charge in [0, 0.05) is 6.07 Å². The third kappa shape index (κ3) is 2.53. The summed E-state index contributed by atoms with van der Waals surface area (Å²) < 4.78 is 19.3. The van der Waals surface area contributed by atoms with Gasteiger partial charge in [-0.1, -0.05) is 40.9 Å². The van der Waals surface area contributed by atoms with E-state index < -0.39 is 5.82 Å². The van der Waals surface area contributed by atoms with Crippen LogP contribution in [0, 0.1) is 5.82 Å². The Kier molecular flexibility index (Phi) is 3.67. The molecule has 0 bridgehead atoms. The van der Waals surface area contributed by atoms with E-state index in [4.69, 9.17) is 39.5 Å². The van der Waals surface area contributed by atoms with Crippen LogP contribution in [0.25, 0.3) is 0 Å². The highest BCUT2D eigenvalue weighted by atomic mass is 35.5. The van der Waals surface area contributed by atoms with Crippen LogP contribution in [0.5, 0.6) is 5.75 Å². The molecule has 1 aliphatic heterocycles. The van der Waals surface area contributed by atoms with Crippen LogP contribution in [-0.2, 0) is 0 Å². The molecule has 20 heavy (non-hydrogen) atoms. The van der Waals surface area contributed by atoms with Crippen LogP contribution in [0.15, 0.2) is 30.3 Å². The summed E-state index contributed by atoms with van der Waals surface area (Å²) in [5.74, 6) is -0.0868. The van der Waals surface area contributed by atoms with Crippen LogP contribution in [0.3, 0.4) is 0 Å². The van der Waals surface area contributed by atoms with Crippen molar-refractivity contribution in [3.63, 3.8) is 0 Å². The van der Waals surface area contributed by atoms with Gasteiger partial charge in [-0.3, -0.25) is 0 Å². The van der Waals surface area contributed by atoms with Gasteiger partial charge in [0.25, 0.3) is 0 Å². The average molecular weight is 333 g/mol. The number of hydrogen-bond donors (Lipinski definition) is 1. The van der Waals surface area contributed by atoms with Crippen molar-refractivity contribution in [3.8, 4) is 5.75 Å². The first-order chi connectivity index (χ1) is 9.54. The topological polar surface area (TPSA) is 21.3 Å². The number of halogens is 4. The lowest BCUT2D eigenvalue weighted by Crippen LogP contribution is -2.23. The monoisotopic (exact) mass is 331 g/mol. The third-order valence-electron chi connectivity index (χ3n) is 3.09. The van der Waals surface area contributed by atoms with Gasteiger partial charge in [-0.15, -0.1) is 0 Å². The van der Waals surface area contributed by atoms with E-state index in [0.29, 0.717) is 28.0 Å². The molecule has 1 aliphatic rings. The first-order valence-corrected chi connectivity index (χ1v) is 7.02. The molecule has 3 rings (SSSR count). The quantitative estimate of drug-likeness (QED) is 0.762. The molecule has 1 unspecified atom stereocenters. The fourth-order valence-electron chi connectivity index (χ4n) is 2.06. The highest BCUT2D eigenvalue weighted by Crippen LogP contribution is 2.38. The van der Waals surface area contributed by atoms with Gasteiger partial charge in [-0.2, -0.15) is 0 Å². The highest BCUT2D eigenvalue weighted by molar-refractivity contribution is 6.42. The van der Waals surface area contributed by atoms with Gasteiger partial charge in [-0.25, -0.2) is 4.39 Å². The molecule has 2 aromatic rings. The lowest BCUT2D eigenvalue weighted by molar-refractivity contribution is 0.209. The Bertz CT molecular complexity index is 678. The smallest absolute Gasteiger partial charge is 0.146 e. The summed E-state index contributed by atoms with van der Waals surface area (Å²) in [5, 5.41) is 4.17. The van der Waals surface area contributed by atoms with Gasteiger partial charge >= 0.3 is 0 Å². The lowest BCUT2D eigenvalue weighted by atomic mass is 10.1. The molecule has 0 amide bonds. The number of benzene rings is 2. The van der Waals surface area contributed by atoms with E-state index in [1.54, 1.807) is 12.1 Å². The fourth-order valence-corrected chi connectivity index (χ4v) is 2.53. The first-order valence-electron chi connectivity index (χ1n) is 5.89. The predicted octanol–water partition coefficient (Wildman–Crippen LogP) is 5.33. The van der Waals surface area contributed by atoms with Crippen LogP contribution >= 0.6 is 34.8 Å². The molecular weight excluding hydrogens is 324 g/mol.